The molecule has 0 fully saturated rings. The molecule has 0 saturated heterocycles. The number of urea groups is 1. The molecule has 2 aliphatic rings. The van der Waals surface area contributed by atoms with E-state index in [-0.39, 0.29) is 11.8 Å². The number of thiophene rings is 1. The largest absolute Gasteiger partial charge is 0.495 e. The van der Waals surface area contributed by atoms with Crippen molar-refractivity contribution in [2.45, 2.75) is 38.3 Å². The quantitative estimate of drug-likeness (QED) is 0.306. The number of aryl methyl sites for hydroxylation is 1. The highest BCUT2D eigenvalue weighted by Gasteiger charge is 2.36. The van der Waals surface area contributed by atoms with E-state index in [1.165, 1.54) is 39.6 Å². The van der Waals surface area contributed by atoms with Crippen molar-refractivity contribution in [3.63, 3.8) is 0 Å². The van der Waals surface area contributed by atoms with E-state index >= 15 is 0 Å². The number of amides is 2. The van der Waals surface area contributed by atoms with Crippen molar-refractivity contribution in [3.8, 4) is 10.8 Å². The highest BCUT2D eigenvalue weighted by molar-refractivity contribution is 7.15. The van der Waals surface area contributed by atoms with Crippen LogP contribution in [0.2, 0.25) is 5.02 Å². The highest BCUT2D eigenvalue weighted by Crippen LogP contribution is 2.44. The van der Waals surface area contributed by atoms with Gasteiger partial charge in [0.15, 0.2) is 0 Å². The number of rotatable bonds is 3. The molecule has 4 aromatic rings. The van der Waals surface area contributed by atoms with Crippen molar-refractivity contribution in [2.75, 3.05) is 12.4 Å². The first-order chi connectivity index (χ1) is 17.5. The number of hydrogen-bond acceptors (Lipinski definition) is 3. The molecule has 0 bridgehead atoms. The standard InChI is InChI=1S/C28H25ClFN3O2S/c1-35-24-13-10-18(29)15-22(24)31-28(34)33-16-21-20-5-2-3-7-25(20)36-27(21)32-14-4-6-23(32)26(33)17-8-11-19(30)12-9-17/h4,6,8-15,26H,2-3,5,7,16H2,1H3,(H,31,34)/t26-/m1/s1. The van der Waals surface area contributed by atoms with Gasteiger partial charge in [-0.15, -0.1) is 11.3 Å². The van der Waals surface area contributed by atoms with Crippen molar-refractivity contribution in [3.05, 3.63) is 98.9 Å². The first-order valence-corrected chi connectivity index (χ1v) is 13.2. The maximum Gasteiger partial charge on any atom is 0.323 e. The van der Waals surface area contributed by atoms with Gasteiger partial charge in [-0.25, -0.2) is 9.18 Å². The number of carbonyl (C=O) groups is 1. The van der Waals surface area contributed by atoms with Crippen LogP contribution in [0.3, 0.4) is 0 Å². The van der Waals surface area contributed by atoms with Crippen LogP contribution < -0.4 is 10.1 Å². The number of benzene rings is 2. The minimum atomic E-state index is -0.412. The zero-order valence-corrected chi connectivity index (χ0v) is 21.3. The zero-order valence-electron chi connectivity index (χ0n) is 19.8. The molecule has 1 aliphatic carbocycles. The van der Waals surface area contributed by atoms with Crippen LogP contribution in [0.15, 0.2) is 60.8 Å². The average molecular weight is 522 g/mol. The van der Waals surface area contributed by atoms with E-state index in [4.69, 9.17) is 16.3 Å². The Labute approximate surface area is 218 Å². The third-order valence-electron chi connectivity index (χ3n) is 7.03. The topological polar surface area (TPSA) is 46.5 Å². The van der Waals surface area contributed by atoms with Crippen LogP contribution in [0.4, 0.5) is 14.9 Å². The predicted octanol–water partition coefficient (Wildman–Crippen LogP) is 7.36. The Hall–Kier alpha value is -3.29. The van der Waals surface area contributed by atoms with Crippen LogP contribution in [0.25, 0.3) is 5.00 Å². The molecule has 36 heavy (non-hydrogen) atoms. The molecule has 3 heterocycles. The van der Waals surface area contributed by atoms with Crippen molar-refractivity contribution >= 4 is 34.7 Å². The number of nitrogens with one attached hydrogen (secondary N) is 1. The molecule has 0 unspecified atom stereocenters. The van der Waals surface area contributed by atoms with E-state index in [9.17, 15) is 9.18 Å². The monoisotopic (exact) mass is 521 g/mol. The van der Waals surface area contributed by atoms with Crippen LogP contribution >= 0.6 is 22.9 Å². The van der Waals surface area contributed by atoms with E-state index in [2.05, 4.69) is 16.1 Å². The molecule has 2 aromatic heterocycles. The van der Waals surface area contributed by atoms with Gasteiger partial charge in [0.2, 0.25) is 0 Å². The summed E-state index contributed by atoms with van der Waals surface area (Å²) >= 11 is 8.07. The SMILES string of the molecule is COc1ccc(Cl)cc1NC(=O)N1Cc2c(sc3c2CCCC3)-n2cccc2[C@H]1c1ccc(F)cc1. The lowest BCUT2D eigenvalue weighted by Gasteiger charge is -2.31. The van der Waals surface area contributed by atoms with Crippen LogP contribution in [-0.4, -0.2) is 22.6 Å². The second kappa shape index (κ2) is 9.30. The second-order valence-corrected chi connectivity index (χ2v) is 10.7. The summed E-state index contributed by atoms with van der Waals surface area (Å²) < 4.78 is 21.5. The van der Waals surface area contributed by atoms with Crippen LogP contribution in [-0.2, 0) is 19.4 Å². The van der Waals surface area contributed by atoms with Gasteiger partial charge in [-0.2, -0.15) is 0 Å². The molecule has 1 aliphatic heterocycles. The third kappa shape index (κ3) is 3.96. The molecule has 8 heteroatoms. The number of aromatic nitrogens is 1. The van der Waals surface area contributed by atoms with Gasteiger partial charge in [0.25, 0.3) is 0 Å². The number of hydrogen-bond donors (Lipinski definition) is 1. The molecule has 0 spiro atoms. The molecule has 6 rings (SSSR count). The van der Waals surface area contributed by atoms with Crippen LogP contribution in [0, 0.1) is 5.82 Å². The summed E-state index contributed by atoms with van der Waals surface area (Å²) in [5.74, 6) is 0.216. The number of halogens is 2. The minimum Gasteiger partial charge on any atom is -0.495 e. The van der Waals surface area contributed by atoms with Gasteiger partial charge in [-0.05, 0) is 79.3 Å². The maximum atomic E-state index is 14.0. The first-order valence-electron chi connectivity index (χ1n) is 12.0. The highest BCUT2D eigenvalue weighted by atomic mass is 35.5. The average Bonchev–Trinajstić information content (AvgIpc) is 3.47. The fraction of sp³-hybridized carbons (Fsp3) is 0.250. The fourth-order valence-corrected chi connectivity index (χ4v) is 6.92. The van der Waals surface area contributed by atoms with Crippen molar-refractivity contribution in [2.24, 2.45) is 0 Å². The molecular formula is C28H25ClFN3O2S. The smallest absolute Gasteiger partial charge is 0.323 e. The van der Waals surface area contributed by atoms with Crippen LogP contribution in [0.1, 0.15) is 46.1 Å². The van der Waals surface area contributed by atoms with Gasteiger partial charge in [0.05, 0.1) is 31.1 Å². The summed E-state index contributed by atoms with van der Waals surface area (Å²) in [6.45, 7) is 0.444. The molecule has 1 N–H and O–H groups in total. The van der Waals surface area contributed by atoms with Crippen molar-refractivity contribution in [1.29, 1.82) is 0 Å². The van der Waals surface area contributed by atoms with Crippen molar-refractivity contribution in [1.82, 2.24) is 9.47 Å². The molecule has 2 amide bonds. The van der Waals surface area contributed by atoms with Gasteiger partial charge in [0, 0.05) is 21.7 Å². The summed E-state index contributed by atoms with van der Waals surface area (Å²) in [5.41, 5.74) is 4.88. The van der Waals surface area contributed by atoms with E-state index < -0.39 is 6.04 Å². The molecule has 184 valence electrons. The zero-order chi connectivity index (χ0) is 24.8. The predicted molar refractivity (Wildman–Crippen MR) is 141 cm³/mol. The Balaban J connectivity index is 1.49. The number of fused-ring (bicyclic) bond motifs is 5. The Morgan fingerprint density at radius 3 is 2.72 bits per heavy atom. The van der Waals surface area contributed by atoms with E-state index in [0.717, 1.165) is 30.5 Å². The summed E-state index contributed by atoms with van der Waals surface area (Å²) in [6.07, 6.45) is 6.52. The summed E-state index contributed by atoms with van der Waals surface area (Å²) in [4.78, 5) is 17.3. The lowest BCUT2D eigenvalue weighted by atomic mass is 9.95. The Morgan fingerprint density at radius 1 is 1.11 bits per heavy atom. The first kappa shape index (κ1) is 23.1. The molecule has 0 radical (unpaired) electrons. The lowest BCUT2D eigenvalue weighted by molar-refractivity contribution is 0.194. The molecular weight excluding hydrogens is 497 g/mol. The van der Waals surface area contributed by atoms with Gasteiger partial charge < -0.3 is 19.5 Å². The molecule has 2 aromatic carbocycles. The van der Waals surface area contributed by atoms with E-state index in [0.29, 0.717) is 23.0 Å². The second-order valence-electron chi connectivity index (χ2n) is 9.15. The Morgan fingerprint density at radius 2 is 1.92 bits per heavy atom. The number of anilines is 1. The van der Waals surface area contributed by atoms with Crippen LogP contribution in [0.5, 0.6) is 5.75 Å². The molecule has 5 nitrogen and oxygen atoms in total. The summed E-state index contributed by atoms with van der Waals surface area (Å²) in [6, 6.07) is 14.9. The number of nitrogens with zero attached hydrogens (tertiary/aromatic N) is 2. The van der Waals surface area contributed by atoms with Gasteiger partial charge in [-0.3, -0.25) is 0 Å². The number of methoxy groups -OCH3 is 1. The van der Waals surface area contributed by atoms with Gasteiger partial charge in [0.1, 0.15) is 16.6 Å². The van der Waals surface area contributed by atoms with E-state index in [1.54, 1.807) is 37.4 Å². The van der Waals surface area contributed by atoms with E-state index in [1.807, 2.05) is 28.4 Å². The molecule has 0 saturated carbocycles. The maximum absolute atomic E-state index is 14.0. The summed E-state index contributed by atoms with van der Waals surface area (Å²) in [5, 5.41) is 4.71. The number of carbonyl (C=O) groups excluding carboxylic acids is 1. The van der Waals surface area contributed by atoms with Crippen molar-refractivity contribution < 1.29 is 13.9 Å². The Bertz CT molecular complexity index is 1450. The normalized spacial score (nSPS) is 16.5. The molecule has 1 atom stereocenters. The Kier molecular flexibility index (Phi) is 5.97. The fourth-order valence-electron chi connectivity index (χ4n) is 5.35. The third-order valence-corrected chi connectivity index (χ3v) is 8.60. The van der Waals surface area contributed by atoms with Gasteiger partial charge >= 0.3 is 6.03 Å². The van der Waals surface area contributed by atoms with Gasteiger partial charge in [-0.1, -0.05) is 23.7 Å². The lowest BCUT2D eigenvalue weighted by Crippen LogP contribution is -2.38. The minimum absolute atomic E-state index is 0.277. The summed E-state index contributed by atoms with van der Waals surface area (Å²) in [7, 11) is 1.56. The number of ether oxygens (including phenoxy) is 1.